The monoisotopic (exact) mass is 890 g/mol. The highest BCUT2D eigenvalue weighted by Gasteiger charge is 2.45. The van der Waals surface area contributed by atoms with E-state index in [2.05, 4.69) is 253 Å². The van der Waals surface area contributed by atoms with Crippen molar-refractivity contribution in [3.63, 3.8) is 0 Å². The Morgan fingerprint density at radius 2 is 0.986 bits per heavy atom. The van der Waals surface area contributed by atoms with E-state index in [1.807, 2.05) is 0 Å². The first-order chi connectivity index (χ1) is 33.2. The zero-order chi connectivity index (χ0) is 47.1. The van der Waals surface area contributed by atoms with Gasteiger partial charge in [-0.15, -0.1) is 0 Å². The van der Waals surface area contributed by atoms with Crippen molar-refractivity contribution in [3.8, 4) is 33.4 Å². The van der Waals surface area contributed by atoms with Crippen molar-refractivity contribution in [2.75, 3.05) is 9.80 Å². The Morgan fingerprint density at radius 1 is 0.420 bits per heavy atom. The third-order valence-electron chi connectivity index (χ3n) is 15.6. The lowest BCUT2D eigenvalue weighted by Gasteiger charge is -2.45. The van der Waals surface area contributed by atoms with Gasteiger partial charge in [-0.1, -0.05) is 189 Å². The average Bonchev–Trinajstić information content (AvgIpc) is 3.83. The number of furan rings is 1. The van der Waals surface area contributed by atoms with E-state index < -0.39 is 0 Å². The van der Waals surface area contributed by atoms with E-state index in [0.717, 1.165) is 39.0 Å². The minimum atomic E-state index is -0.145. The Kier molecular flexibility index (Phi) is 8.88. The molecule has 0 amide bonds. The number of hydrogen-bond acceptors (Lipinski definition) is 3. The zero-order valence-electron chi connectivity index (χ0n) is 40.8. The van der Waals surface area contributed by atoms with Gasteiger partial charge >= 0.3 is 0 Å². The predicted molar refractivity (Wildman–Crippen MR) is 294 cm³/mol. The molecule has 10 aromatic rings. The van der Waals surface area contributed by atoms with Crippen molar-refractivity contribution in [2.45, 2.75) is 71.6 Å². The predicted octanol–water partition coefficient (Wildman–Crippen LogP) is 15.9. The fourth-order valence-electron chi connectivity index (χ4n) is 11.9. The second kappa shape index (κ2) is 14.7. The Labute approximate surface area is 406 Å². The molecule has 0 N–H and O–H groups in total. The maximum absolute atomic E-state index is 6.74. The molecule has 0 saturated heterocycles. The largest absolute Gasteiger partial charge is 0.456 e. The van der Waals surface area contributed by atoms with Crippen molar-refractivity contribution in [1.29, 1.82) is 0 Å². The summed E-state index contributed by atoms with van der Waals surface area (Å²) in [7, 11) is 0. The van der Waals surface area contributed by atoms with Crippen LogP contribution in [0, 0.1) is 0 Å². The molecular weight excluding hydrogens is 836 g/mol. The highest BCUT2D eigenvalue weighted by molar-refractivity contribution is 7.00. The summed E-state index contributed by atoms with van der Waals surface area (Å²) < 4.78 is 6.74. The highest BCUT2D eigenvalue weighted by atomic mass is 16.3. The van der Waals surface area contributed by atoms with Crippen molar-refractivity contribution in [3.05, 3.63) is 210 Å². The van der Waals surface area contributed by atoms with Crippen molar-refractivity contribution >= 4 is 79.2 Å². The molecule has 13 rings (SSSR count). The third kappa shape index (κ3) is 6.27. The highest BCUT2D eigenvalue weighted by Crippen LogP contribution is 2.53. The first kappa shape index (κ1) is 41.6. The maximum Gasteiger partial charge on any atom is 0.252 e. The van der Waals surface area contributed by atoms with Gasteiger partial charge in [-0.25, -0.2) is 0 Å². The Bertz CT molecular complexity index is 3720. The van der Waals surface area contributed by atoms with Gasteiger partial charge in [0.05, 0.1) is 0 Å². The molecule has 0 unspecified atom stereocenters. The van der Waals surface area contributed by atoms with E-state index in [4.69, 9.17) is 4.42 Å². The summed E-state index contributed by atoms with van der Waals surface area (Å²) in [6.45, 7) is 18.7. The lowest BCUT2D eigenvalue weighted by Crippen LogP contribution is -2.61. The van der Waals surface area contributed by atoms with Crippen LogP contribution in [0.15, 0.2) is 192 Å². The van der Waals surface area contributed by atoms with E-state index in [9.17, 15) is 0 Å². The van der Waals surface area contributed by atoms with Gasteiger partial charge < -0.3 is 14.2 Å². The molecule has 0 radical (unpaired) electrons. The molecule has 3 aliphatic rings. The van der Waals surface area contributed by atoms with E-state index in [0.29, 0.717) is 0 Å². The summed E-state index contributed by atoms with van der Waals surface area (Å²) in [6, 6.07) is 70.6. The van der Waals surface area contributed by atoms with Crippen LogP contribution in [0.25, 0.3) is 55.3 Å². The summed E-state index contributed by atoms with van der Waals surface area (Å²) in [5, 5.41) is 2.28. The molecule has 0 bridgehead atoms. The molecule has 0 fully saturated rings. The molecule has 2 aliphatic heterocycles. The number of benzene rings is 9. The maximum atomic E-state index is 6.74. The van der Waals surface area contributed by atoms with E-state index in [1.54, 1.807) is 0 Å². The molecule has 69 heavy (non-hydrogen) atoms. The lowest BCUT2D eigenvalue weighted by molar-refractivity contribution is 0.590. The van der Waals surface area contributed by atoms with Gasteiger partial charge in [0.2, 0.25) is 0 Å². The van der Waals surface area contributed by atoms with E-state index >= 15 is 0 Å². The van der Waals surface area contributed by atoms with Crippen molar-refractivity contribution in [1.82, 2.24) is 0 Å². The number of para-hydroxylation sites is 1. The molecule has 0 saturated carbocycles. The van der Waals surface area contributed by atoms with Crippen LogP contribution in [0.1, 0.15) is 77.6 Å². The summed E-state index contributed by atoms with van der Waals surface area (Å²) in [6.07, 6.45) is 0. The number of hydrogen-bond donors (Lipinski definition) is 0. The zero-order valence-corrected chi connectivity index (χ0v) is 40.8. The Balaban J connectivity index is 1.07. The SMILES string of the molecule is CC(C)(C)c1ccc2c(c1)N(c1ccc(-c3ccccc3)cc1)c1cc(C(C)(C)C)cc3c1B2c1cc2c(cc1N3c1ccc(-c3cccc4c3-c3ccccc3C4(C)C)cc1)oc1ccccc12. The third-order valence-corrected chi connectivity index (χ3v) is 15.6. The fourth-order valence-corrected chi connectivity index (χ4v) is 11.9. The molecule has 4 heteroatoms. The van der Waals surface area contributed by atoms with Crippen LogP contribution < -0.4 is 26.2 Å². The summed E-state index contributed by atoms with van der Waals surface area (Å²) >= 11 is 0. The topological polar surface area (TPSA) is 19.6 Å². The number of anilines is 6. The van der Waals surface area contributed by atoms with Gasteiger partial charge in [-0.3, -0.25) is 0 Å². The number of rotatable bonds is 4. The summed E-state index contributed by atoms with van der Waals surface area (Å²) in [5.41, 5.74) is 25.4. The molecule has 0 spiro atoms. The standard InChI is InChI=1S/C65H55BN2O/c1-63(2,3)43-29-34-53-55(35-43)67(45-30-25-41(26-31-45)40-17-10-9-11-18-40)57-36-44(64(4,5)6)37-58-62(57)66(53)54-38-50-48-19-13-15-24-59(48)69-60(50)39-56(54)68(58)46-32-27-42(28-33-46)47-21-16-23-52-61(47)49-20-12-14-22-51(49)65(52,7)8/h9-39H,1-8H3. The van der Waals surface area contributed by atoms with Gasteiger partial charge in [0.25, 0.3) is 6.71 Å². The molecular formula is C65H55BN2O. The molecule has 1 aliphatic carbocycles. The molecule has 3 heterocycles. The van der Waals surface area contributed by atoms with E-state index in [-0.39, 0.29) is 23.0 Å². The second-order valence-corrected chi connectivity index (χ2v) is 22.2. The van der Waals surface area contributed by atoms with Gasteiger partial charge in [0, 0.05) is 56.4 Å². The number of nitrogens with zero attached hydrogens (tertiary/aromatic N) is 2. The van der Waals surface area contributed by atoms with Crippen molar-refractivity contribution < 1.29 is 4.42 Å². The van der Waals surface area contributed by atoms with Crippen LogP contribution in [-0.4, -0.2) is 6.71 Å². The Morgan fingerprint density at radius 3 is 1.68 bits per heavy atom. The van der Waals surface area contributed by atoms with Gasteiger partial charge in [0.1, 0.15) is 11.2 Å². The van der Waals surface area contributed by atoms with Crippen LogP contribution in [0.3, 0.4) is 0 Å². The normalized spacial score (nSPS) is 14.4. The van der Waals surface area contributed by atoms with Crippen LogP contribution in [0.2, 0.25) is 0 Å². The van der Waals surface area contributed by atoms with Gasteiger partial charge in [-0.05, 0) is 131 Å². The molecule has 0 atom stereocenters. The van der Waals surface area contributed by atoms with Crippen molar-refractivity contribution in [2.24, 2.45) is 0 Å². The molecule has 1 aromatic heterocycles. The summed E-state index contributed by atoms with van der Waals surface area (Å²) in [4.78, 5) is 5.10. The lowest BCUT2D eigenvalue weighted by atomic mass is 9.33. The summed E-state index contributed by atoms with van der Waals surface area (Å²) in [5.74, 6) is 0. The van der Waals surface area contributed by atoms with Crippen LogP contribution in [-0.2, 0) is 16.2 Å². The molecule has 3 nitrogen and oxygen atoms in total. The number of fused-ring (bicyclic) bond motifs is 10. The Hall–Kier alpha value is -7.56. The van der Waals surface area contributed by atoms with Crippen LogP contribution in [0.4, 0.5) is 34.1 Å². The minimum Gasteiger partial charge on any atom is -0.456 e. The smallest absolute Gasteiger partial charge is 0.252 e. The molecule has 9 aromatic carbocycles. The van der Waals surface area contributed by atoms with Crippen LogP contribution in [0.5, 0.6) is 0 Å². The average molecular weight is 891 g/mol. The quantitative estimate of drug-likeness (QED) is 0.164. The second-order valence-electron chi connectivity index (χ2n) is 22.2. The first-order valence-corrected chi connectivity index (χ1v) is 24.6. The van der Waals surface area contributed by atoms with E-state index in [1.165, 1.54) is 89.1 Å². The van der Waals surface area contributed by atoms with Gasteiger partial charge in [-0.2, -0.15) is 0 Å². The van der Waals surface area contributed by atoms with Crippen LogP contribution >= 0.6 is 0 Å². The molecule has 334 valence electrons. The first-order valence-electron chi connectivity index (χ1n) is 24.6. The van der Waals surface area contributed by atoms with Gasteiger partial charge in [0.15, 0.2) is 0 Å². The minimum absolute atomic E-state index is 0.0354. The fraction of sp³-hybridized carbons (Fsp3) is 0.169.